The molecular formula is C7H8N2. The molecule has 9 heavy (non-hydrogen) atoms. The zero-order valence-electron chi connectivity index (χ0n) is 5.33. The molecule has 0 aliphatic heterocycles. The molecule has 0 aliphatic rings. The molecule has 1 heterocycles. The molecule has 0 aromatic carbocycles. The first kappa shape index (κ1) is 5.95. The van der Waals surface area contributed by atoms with E-state index >= 15 is 0 Å². The molecule has 1 rings (SSSR count). The highest BCUT2D eigenvalue weighted by atomic mass is 15.1. The van der Waals surface area contributed by atoms with Crippen molar-refractivity contribution >= 4 is 6.08 Å². The van der Waals surface area contributed by atoms with Crippen LogP contribution < -0.4 is 0 Å². The first-order valence-corrected chi connectivity index (χ1v) is 2.75. The number of nitrogens with zero attached hydrogens (tertiary/aromatic N) is 2. The van der Waals surface area contributed by atoms with E-state index in [1.54, 1.807) is 12.3 Å². The fraction of sp³-hybridized carbons (Fsp3) is 0.143. The Kier molecular flexibility index (Phi) is 1.58. The third kappa shape index (κ3) is 1.13. The van der Waals surface area contributed by atoms with Crippen LogP contribution in [0.4, 0.5) is 0 Å². The first-order valence-electron chi connectivity index (χ1n) is 2.75. The van der Waals surface area contributed by atoms with Gasteiger partial charge in [-0.25, -0.2) is 0 Å². The van der Waals surface area contributed by atoms with Crippen LogP contribution in [0.2, 0.25) is 0 Å². The molecule has 46 valence electrons. The fourth-order valence-electron chi connectivity index (χ4n) is 0.628. The van der Waals surface area contributed by atoms with Crippen LogP contribution in [-0.4, -0.2) is 10.2 Å². The van der Waals surface area contributed by atoms with E-state index in [-0.39, 0.29) is 0 Å². The SMILES string of the molecule is C=Cc1ccnnc1C. The normalized spacial score (nSPS) is 9.00. The van der Waals surface area contributed by atoms with Gasteiger partial charge in [-0.2, -0.15) is 10.2 Å². The summed E-state index contributed by atoms with van der Waals surface area (Å²) in [4.78, 5) is 0. The van der Waals surface area contributed by atoms with Gasteiger partial charge in [-0.3, -0.25) is 0 Å². The lowest BCUT2D eigenvalue weighted by Crippen LogP contribution is -1.87. The minimum atomic E-state index is 0.924. The minimum absolute atomic E-state index is 0.924. The summed E-state index contributed by atoms with van der Waals surface area (Å²) in [5, 5.41) is 7.52. The van der Waals surface area contributed by atoms with Crippen LogP contribution in [0.1, 0.15) is 11.3 Å². The average molecular weight is 120 g/mol. The van der Waals surface area contributed by atoms with E-state index in [2.05, 4.69) is 16.8 Å². The van der Waals surface area contributed by atoms with Crippen molar-refractivity contribution in [3.8, 4) is 0 Å². The molecule has 0 fully saturated rings. The Hall–Kier alpha value is -1.18. The molecule has 2 nitrogen and oxygen atoms in total. The molecule has 0 spiro atoms. The maximum absolute atomic E-state index is 3.83. The second-order valence-corrected chi connectivity index (χ2v) is 1.78. The maximum atomic E-state index is 3.83. The average Bonchev–Trinajstić information content (AvgIpc) is 1.89. The molecule has 0 bridgehead atoms. The van der Waals surface area contributed by atoms with Gasteiger partial charge < -0.3 is 0 Å². The predicted octanol–water partition coefficient (Wildman–Crippen LogP) is 1.43. The lowest BCUT2D eigenvalue weighted by molar-refractivity contribution is 0.975. The Morgan fingerprint density at radius 3 is 2.89 bits per heavy atom. The van der Waals surface area contributed by atoms with Gasteiger partial charge in [0, 0.05) is 0 Å². The van der Waals surface area contributed by atoms with Gasteiger partial charge in [-0.1, -0.05) is 12.7 Å². The van der Waals surface area contributed by atoms with Gasteiger partial charge in [0.25, 0.3) is 0 Å². The lowest BCUT2D eigenvalue weighted by atomic mass is 10.2. The van der Waals surface area contributed by atoms with Crippen LogP contribution in [0.3, 0.4) is 0 Å². The van der Waals surface area contributed by atoms with Crippen LogP contribution in [0.25, 0.3) is 6.08 Å². The lowest BCUT2D eigenvalue weighted by Gasteiger charge is -1.92. The molecule has 0 atom stereocenters. The molecule has 0 radical (unpaired) electrons. The van der Waals surface area contributed by atoms with E-state index < -0.39 is 0 Å². The summed E-state index contributed by atoms with van der Waals surface area (Å²) in [6.07, 6.45) is 3.42. The second kappa shape index (κ2) is 2.40. The van der Waals surface area contributed by atoms with Crippen LogP contribution in [0.15, 0.2) is 18.8 Å². The van der Waals surface area contributed by atoms with Gasteiger partial charge in [0.15, 0.2) is 0 Å². The summed E-state index contributed by atoms with van der Waals surface area (Å²) in [5.74, 6) is 0. The van der Waals surface area contributed by atoms with E-state index in [9.17, 15) is 0 Å². The summed E-state index contributed by atoms with van der Waals surface area (Å²) >= 11 is 0. The monoisotopic (exact) mass is 120 g/mol. The van der Waals surface area contributed by atoms with Crippen molar-refractivity contribution in [2.24, 2.45) is 0 Å². The van der Waals surface area contributed by atoms with Gasteiger partial charge in [0.1, 0.15) is 0 Å². The molecule has 2 heteroatoms. The second-order valence-electron chi connectivity index (χ2n) is 1.78. The topological polar surface area (TPSA) is 25.8 Å². The van der Waals surface area contributed by atoms with E-state index in [1.165, 1.54) is 0 Å². The van der Waals surface area contributed by atoms with Gasteiger partial charge >= 0.3 is 0 Å². The van der Waals surface area contributed by atoms with E-state index in [0.717, 1.165) is 11.3 Å². The summed E-state index contributed by atoms with van der Waals surface area (Å²) in [6, 6.07) is 1.88. The summed E-state index contributed by atoms with van der Waals surface area (Å²) in [5.41, 5.74) is 1.97. The summed E-state index contributed by atoms with van der Waals surface area (Å²) in [6.45, 7) is 5.53. The van der Waals surface area contributed by atoms with Crippen molar-refractivity contribution in [2.45, 2.75) is 6.92 Å². The minimum Gasteiger partial charge on any atom is -0.159 e. The van der Waals surface area contributed by atoms with Crippen molar-refractivity contribution in [3.05, 3.63) is 30.1 Å². The van der Waals surface area contributed by atoms with Crippen LogP contribution in [0.5, 0.6) is 0 Å². The molecule has 1 aromatic rings. The summed E-state index contributed by atoms with van der Waals surface area (Å²) in [7, 11) is 0. The zero-order valence-corrected chi connectivity index (χ0v) is 5.33. The number of hydrogen-bond acceptors (Lipinski definition) is 2. The van der Waals surface area contributed by atoms with Gasteiger partial charge in [0.2, 0.25) is 0 Å². The Balaban J connectivity index is 3.15. The molecule has 0 unspecified atom stereocenters. The highest BCUT2D eigenvalue weighted by Crippen LogP contribution is 2.01. The fourth-order valence-corrected chi connectivity index (χ4v) is 0.628. The molecule has 0 aliphatic carbocycles. The van der Waals surface area contributed by atoms with Crippen molar-refractivity contribution in [2.75, 3.05) is 0 Å². The Morgan fingerprint density at radius 2 is 2.44 bits per heavy atom. The maximum Gasteiger partial charge on any atom is 0.0672 e. The summed E-state index contributed by atoms with van der Waals surface area (Å²) < 4.78 is 0. The Morgan fingerprint density at radius 1 is 1.67 bits per heavy atom. The molecule has 0 N–H and O–H groups in total. The number of aromatic nitrogens is 2. The first-order chi connectivity index (χ1) is 4.34. The smallest absolute Gasteiger partial charge is 0.0672 e. The predicted molar refractivity (Wildman–Crippen MR) is 36.9 cm³/mol. The number of hydrogen-bond donors (Lipinski definition) is 0. The molecule has 0 saturated carbocycles. The van der Waals surface area contributed by atoms with Gasteiger partial charge in [0.05, 0.1) is 11.9 Å². The molecule has 1 aromatic heterocycles. The number of aryl methyl sites for hydroxylation is 1. The standard InChI is InChI=1S/C7H8N2/c1-3-7-4-5-8-9-6(7)2/h3-5H,1H2,2H3. The molecular weight excluding hydrogens is 112 g/mol. The van der Waals surface area contributed by atoms with Crippen molar-refractivity contribution in [3.63, 3.8) is 0 Å². The van der Waals surface area contributed by atoms with Crippen molar-refractivity contribution < 1.29 is 0 Å². The van der Waals surface area contributed by atoms with Gasteiger partial charge in [-0.15, -0.1) is 0 Å². The molecule has 0 amide bonds. The van der Waals surface area contributed by atoms with Crippen molar-refractivity contribution in [1.29, 1.82) is 0 Å². The third-order valence-corrected chi connectivity index (χ3v) is 1.17. The van der Waals surface area contributed by atoms with Crippen LogP contribution in [-0.2, 0) is 0 Å². The largest absolute Gasteiger partial charge is 0.159 e. The Bertz CT molecular complexity index is 218. The third-order valence-electron chi connectivity index (χ3n) is 1.17. The van der Waals surface area contributed by atoms with Gasteiger partial charge in [-0.05, 0) is 18.6 Å². The Labute approximate surface area is 54.2 Å². The van der Waals surface area contributed by atoms with E-state index in [0.29, 0.717) is 0 Å². The van der Waals surface area contributed by atoms with Crippen molar-refractivity contribution in [1.82, 2.24) is 10.2 Å². The van der Waals surface area contributed by atoms with Crippen LogP contribution in [0, 0.1) is 6.92 Å². The van der Waals surface area contributed by atoms with E-state index in [4.69, 9.17) is 0 Å². The zero-order chi connectivity index (χ0) is 6.69. The van der Waals surface area contributed by atoms with E-state index in [1.807, 2.05) is 13.0 Å². The van der Waals surface area contributed by atoms with Crippen LogP contribution >= 0.6 is 0 Å². The molecule has 0 saturated heterocycles. The highest BCUT2D eigenvalue weighted by Gasteiger charge is 1.89. The number of rotatable bonds is 1. The quantitative estimate of drug-likeness (QED) is 0.560. The highest BCUT2D eigenvalue weighted by molar-refractivity contribution is 5.47.